The number of nitrogens with zero attached hydrogens (tertiary/aromatic N) is 1. The van der Waals surface area contributed by atoms with Crippen LogP contribution in [0.3, 0.4) is 0 Å². The summed E-state index contributed by atoms with van der Waals surface area (Å²) in [6, 6.07) is 14.1. The lowest BCUT2D eigenvalue weighted by molar-refractivity contribution is -0.117. The van der Waals surface area contributed by atoms with Gasteiger partial charge in [0.2, 0.25) is 5.91 Å². The van der Waals surface area contributed by atoms with E-state index in [-0.39, 0.29) is 17.5 Å². The van der Waals surface area contributed by atoms with Crippen molar-refractivity contribution in [3.63, 3.8) is 0 Å². The number of carbonyl (C=O) groups excluding carboxylic acids is 1. The first-order chi connectivity index (χ1) is 13.4. The van der Waals surface area contributed by atoms with E-state index in [1.807, 2.05) is 37.3 Å². The largest absolute Gasteiger partial charge is 0.346 e. The molecule has 0 fully saturated rings. The van der Waals surface area contributed by atoms with E-state index in [9.17, 15) is 13.6 Å². The molecule has 0 aliphatic carbocycles. The zero-order chi connectivity index (χ0) is 20.1. The van der Waals surface area contributed by atoms with Crippen LogP contribution in [0.2, 0.25) is 5.15 Å². The molecule has 3 rings (SSSR count). The van der Waals surface area contributed by atoms with Crippen molar-refractivity contribution in [2.75, 3.05) is 0 Å². The third-order valence-electron chi connectivity index (χ3n) is 4.12. The molecule has 142 valence electrons. The van der Waals surface area contributed by atoms with Crippen LogP contribution < -0.4 is 5.32 Å². The van der Waals surface area contributed by atoms with Crippen LogP contribution in [0.1, 0.15) is 24.1 Å². The van der Waals surface area contributed by atoms with E-state index in [2.05, 4.69) is 10.3 Å². The Morgan fingerprint density at radius 3 is 2.50 bits per heavy atom. The number of carbonyl (C=O) groups is 1. The van der Waals surface area contributed by atoms with Crippen LogP contribution in [0, 0.1) is 11.6 Å². The molecule has 1 amide bonds. The Kier molecular flexibility index (Phi) is 6.16. The topological polar surface area (TPSA) is 42.0 Å². The van der Waals surface area contributed by atoms with Gasteiger partial charge in [-0.2, -0.15) is 0 Å². The second kappa shape index (κ2) is 8.76. The van der Waals surface area contributed by atoms with Crippen LogP contribution in [0.5, 0.6) is 0 Å². The molecule has 28 heavy (non-hydrogen) atoms. The van der Waals surface area contributed by atoms with Crippen molar-refractivity contribution in [3.8, 4) is 11.1 Å². The first kappa shape index (κ1) is 19.7. The van der Waals surface area contributed by atoms with Gasteiger partial charge in [0.25, 0.3) is 0 Å². The number of benzene rings is 2. The van der Waals surface area contributed by atoms with Gasteiger partial charge in [-0.05, 0) is 60.0 Å². The standard InChI is InChI=1S/C22H17ClF2N2O/c1-14(27-22(28)8-5-15-9-19(24)12-20(25)10-15)16-3-2-4-17(11-16)18-6-7-21(23)26-13-18/h2-14H,1H3,(H,27,28)/b8-5+. The third kappa shape index (κ3) is 5.24. The lowest BCUT2D eigenvalue weighted by Crippen LogP contribution is -2.24. The highest BCUT2D eigenvalue weighted by atomic mass is 35.5. The second-order valence-corrected chi connectivity index (χ2v) is 6.65. The maximum Gasteiger partial charge on any atom is 0.244 e. The highest BCUT2D eigenvalue weighted by Crippen LogP contribution is 2.23. The van der Waals surface area contributed by atoms with Crippen molar-refractivity contribution in [3.05, 3.63) is 94.8 Å². The van der Waals surface area contributed by atoms with Crippen molar-refractivity contribution < 1.29 is 13.6 Å². The zero-order valence-electron chi connectivity index (χ0n) is 15.0. The first-order valence-corrected chi connectivity index (χ1v) is 8.95. The number of rotatable bonds is 5. The summed E-state index contributed by atoms with van der Waals surface area (Å²) >= 11 is 5.82. The van der Waals surface area contributed by atoms with Crippen LogP contribution in [-0.4, -0.2) is 10.9 Å². The number of halogens is 3. The molecular formula is C22H17ClF2N2O. The predicted molar refractivity (Wildman–Crippen MR) is 107 cm³/mol. The molecule has 0 radical (unpaired) electrons. The minimum Gasteiger partial charge on any atom is -0.346 e. The molecule has 3 aromatic rings. The Morgan fingerprint density at radius 1 is 1.07 bits per heavy atom. The van der Waals surface area contributed by atoms with Gasteiger partial charge in [-0.15, -0.1) is 0 Å². The average molecular weight is 399 g/mol. The van der Waals surface area contributed by atoms with E-state index < -0.39 is 11.6 Å². The fourth-order valence-corrected chi connectivity index (χ4v) is 2.83. The van der Waals surface area contributed by atoms with E-state index >= 15 is 0 Å². The molecule has 0 saturated heterocycles. The third-order valence-corrected chi connectivity index (χ3v) is 4.34. The Balaban J connectivity index is 1.69. The molecule has 1 heterocycles. The summed E-state index contributed by atoms with van der Waals surface area (Å²) in [5.41, 5.74) is 3.05. The molecule has 1 N–H and O–H groups in total. The van der Waals surface area contributed by atoms with Crippen molar-refractivity contribution >= 4 is 23.6 Å². The van der Waals surface area contributed by atoms with Gasteiger partial charge in [-0.3, -0.25) is 4.79 Å². The maximum absolute atomic E-state index is 13.2. The van der Waals surface area contributed by atoms with Crippen molar-refractivity contribution in [2.24, 2.45) is 0 Å². The van der Waals surface area contributed by atoms with Gasteiger partial charge < -0.3 is 5.32 Å². The normalized spacial score (nSPS) is 12.1. The van der Waals surface area contributed by atoms with Crippen LogP contribution in [0.25, 0.3) is 17.2 Å². The lowest BCUT2D eigenvalue weighted by Gasteiger charge is -2.14. The summed E-state index contributed by atoms with van der Waals surface area (Å²) in [6.45, 7) is 1.85. The van der Waals surface area contributed by atoms with Gasteiger partial charge in [0, 0.05) is 23.9 Å². The number of amides is 1. The van der Waals surface area contributed by atoms with E-state index in [4.69, 9.17) is 11.6 Å². The molecule has 0 spiro atoms. The summed E-state index contributed by atoms with van der Waals surface area (Å²) in [5, 5.41) is 3.26. The van der Waals surface area contributed by atoms with Crippen LogP contribution in [0.15, 0.2) is 66.9 Å². The number of aromatic nitrogens is 1. The number of hydrogen-bond donors (Lipinski definition) is 1. The van der Waals surface area contributed by atoms with E-state index in [0.29, 0.717) is 5.15 Å². The summed E-state index contributed by atoms with van der Waals surface area (Å²) < 4.78 is 26.4. The van der Waals surface area contributed by atoms with Crippen molar-refractivity contribution in [1.29, 1.82) is 0 Å². The van der Waals surface area contributed by atoms with Gasteiger partial charge >= 0.3 is 0 Å². The van der Waals surface area contributed by atoms with Crippen LogP contribution in [-0.2, 0) is 4.79 Å². The molecule has 1 unspecified atom stereocenters. The quantitative estimate of drug-likeness (QED) is 0.451. The van der Waals surface area contributed by atoms with Crippen LogP contribution >= 0.6 is 11.6 Å². The molecular weight excluding hydrogens is 382 g/mol. The fraction of sp³-hybridized carbons (Fsp3) is 0.0909. The Morgan fingerprint density at radius 2 is 1.82 bits per heavy atom. The molecule has 0 aliphatic heterocycles. The van der Waals surface area contributed by atoms with Gasteiger partial charge in [0.15, 0.2) is 0 Å². The summed E-state index contributed by atoms with van der Waals surface area (Å²) in [6.07, 6.45) is 4.30. The summed E-state index contributed by atoms with van der Waals surface area (Å²) in [7, 11) is 0. The van der Waals surface area contributed by atoms with Gasteiger partial charge in [0.05, 0.1) is 6.04 Å². The van der Waals surface area contributed by atoms with Gasteiger partial charge in [0.1, 0.15) is 16.8 Å². The Labute approximate surface area is 166 Å². The fourth-order valence-electron chi connectivity index (χ4n) is 2.72. The first-order valence-electron chi connectivity index (χ1n) is 8.57. The van der Waals surface area contributed by atoms with Crippen molar-refractivity contribution in [1.82, 2.24) is 10.3 Å². The minimum atomic E-state index is -0.693. The van der Waals surface area contributed by atoms with Crippen molar-refractivity contribution in [2.45, 2.75) is 13.0 Å². The molecule has 0 saturated carbocycles. The monoisotopic (exact) mass is 398 g/mol. The molecule has 2 aromatic carbocycles. The van der Waals surface area contributed by atoms with Gasteiger partial charge in [-0.25, -0.2) is 13.8 Å². The highest BCUT2D eigenvalue weighted by molar-refractivity contribution is 6.29. The second-order valence-electron chi connectivity index (χ2n) is 6.26. The number of nitrogens with one attached hydrogen (secondary N) is 1. The molecule has 1 aromatic heterocycles. The van der Waals surface area contributed by atoms with Crippen LogP contribution in [0.4, 0.5) is 8.78 Å². The molecule has 0 bridgehead atoms. The highest BCUT2D eigenvalue weighted by Gasteiger charge is 2.09. The smallest absolute Gasteiger partial charge is 0.244 e. The zero-order valence-corrected chi connectivity index (χ0v) is 15.8. The molecule has 3 nitrogen and oxygen atoms in total. The van der Waals surface area contributed by atoms with E-state index in [1.54, 1.807) is 12.3 Å². The van der Waals surface area contributed by atoms with E-state index in [0.717, 1.165) is 34.9 Å². The number of pyridine rings is 1. The SMILES string of the molecule is CC(NC(=O)/C=C/c1cc(F)cc(F)c1)c1cccc(-c2ccc(Cl)nc2)c1. The molecule has 1 atom stereocenters. The maximum atomic E-state index is 13.2. The minimum absolute atomic E-state index is 0.262. The number of hydrogen-bond acceptors (Lipinski definition) is 2. The Bertz CT molecular complexity index is 999. The Hall–Kier alpha value is -3.05. The van der Waals surface area contributed by atoms with E-state index in [1.165, 1.54) is 12.2 Å². The molecule has 0 aliphatic rings. The average Bonchev–Trinajstić information content (AvgIpc) is 2.66. The van der Waals surface area contributed by atoms with Gasteiger partial charge in [-0.1, -0.05) is 29.8 Å². The molecule has 6 heteroatoms. The predicted octanol–water partition coefficient (Wildman–Crippen LogP) is 5.57. The summed E-state index contributed by atoms with van der Waals surface area (Å²) in [5.74, 6) is -1.75. The summed E-state index contributed by atoms with van der Waals surface area (Å²) in [4.78, 5) is 16.2. The lowest BCUT2D eigenvalue weighted by atomic mass is 10.0.